The Balaban J connectivity index is 1.39. The van der Waals surface area contributed by atoms with Gasteiger partial charge < -0.3 is 24.3 Å². The fourth-order valence-electron chi connectivity index (χ4n) is 5.10. The van der Waals surface area contributed by atoms with Gasteiger partial charge >= 0.3 is 12.6 Å². The fraction of sp³-hybridized carbons (Fsp3) is 0.394. The molecule has 1 aliphatic heterocycles. The highest BCUT2D eigenvalue weighted by Crippen LogP contribution is 2.38. The molecule has 256 valence electrons. The van der Waals surface area contributed by atoms with Crippen LogP contribution in [0, 0.1) is 11.1 Å². The highest BCUT2D eigenvalue weighted by molar-refractivity contribution is 8.00. The zero-order chi connectivity index (χ0) is 34.5. The first-order chi connectivity index (χ1) is 22.9. The van der Waals surface area contributed by atoms with E-state index in [1.54, 1.807) is 37.2 Å². The summed E-state index contributed by atoms with van der Waals surface area (Å²) in [6.07, 6.45) is 3.05. The van der Waals surface area contributed by atoms with Gasteiger partial charge in [0, 0.05) is 49.5 Å². The molecule has 3 aromatic rings. The molecule has 0 N–H and O–H groups in total. The molecule has 2 fully saturated rings. The quantitative estimate of drug-likeness (QED) is 0.0882. The van der Waals surface area contributed by atoms with E-state index in [-0.39, 0.29) is 46.2 Å². The van der Waals surface area contributed by atoms with Gasteiger partial charge in [-0.2, -0.15) is 13.5 Å². The monoisotopic (exact) mass is 723 g/mol. The number of halogens is 4. The Labute approximate surface area is 290 Å². The second kappa shape index (κ2) is 15.7. The molecule has 15 heteroatoms. The number of nitrogens with zero attached hydrogens (tertiary/aromatic N) is 3. The van der Waals surface area contributed by atoms with Gasteiger partial charge in [-0.25, -0.2) is 4.79 Å². The van der Waals surface area contributed by atoms with Crippen LogP contribution in [-0.4, -0.2) is 79.0 Å². The van der Waals surface area contributed by atoms with Crippen molar-refractivity contribution >= 4 is 52.6 Å². The first kappa shape index (κ1) is 35.7. The molecule has 2 heterocycles. The zero-order valence-corrected chi connectivity index (χ0v) is 28.4. The van der Waals surface area contributed by atoms with Crippen LogP contribution in [0.2, 0.25) is 10.0 Å². The lowest BCUT2D eigenvalue weighted by Gasteiger charge is -2.26. The van der Waals surface area contributed by atoms with Crippen molar-refractivity contribution in [2.75, 3.05) is 39.5 Å². The number of hydrogen-bond donors (Lipinski definition) is 0. The molecule has 2 aliphatic rings. The van der Waals surface area contributed by atoms with E-state index in [9.17, 15) is 28.4 Å². The van der Waals surface area contributed by atoms with E-state index in [0.717, 1.165) is 25.2 Å². The average molecular weight is 725 g/mol. The average Bonchev–Trinajstić information content (AvgIpc) is 3.76. The molecule has 0 spiro atoms. The largest absolute Gasteiger partial charge is 0.619 e. The summed E-state index contributed by atoms with van der Waals surface area (Å²) in [5.41, 5.74) is 1.41. The van der Waals surface area contributed by atoms with Crippen molar-refractivity contribution in [1.29, 1.82) is 0 Å². The SMILES string of the molecule is CN(C)C(=O)c1cccc(C(=O)CN2CCS[C@H]2C(=O)O[C@@H](Cc2c(Cl)c[n+]([O-])cc2Cl)c2ccc(OC(F)F)c(OCC3CC3)c2)c1. The first-order valence-corrected chi connectivity index (χ1v) is 16.9. The van der Waals surface area contributed by atoms with Gasteiger partial charge in [-0.3, -0.25) is 14.5 Å². The molecule has 1 aromatic heterocycles. The number of hydrogen-bond acceptors (Lipinski definition) is 9. The van der Waals surface area contributed by atoms with Crippen LogP contribution in [0.3, 0.4) is 0 Å². The zero-order valence-electron chi connectivity index (χ0n) is 26.1. The van der Waals surface area contributed by atoms with E-state index < -0.39 is 24.1 Å². The maximum atomic E-state index is 13.8. The molecule has 0 bridgehead atoms. The number of thioether (sulfide) groups is 1. The number of amides is 1. The number of carbonyl (C=O) groups is 3. The summed E-state index contributed by atoms with van der Waals surface area (Å²) in [4.78, 5) is 42.6. The van der Waals surface area contributed by atoms with Gasteiger partial charge in [0.05, 0.1) is 13.2 Å². The Morgan fingerprint density at radius 2 is 1.77 bits per heavy atom. The number of rotatable bonds is 14. The minimum Gasteiger partial charge on any atom is -0.619 e. The number of benzene rings is 2. The van der Waals surface area contributed by atoms with Crippen LogP contribution in [-0.2, 0) is 16.0 Å². The van der Waals surface area contributed by atoms with Gasteiger partial charge in [0.15, 0.2) is 35.0 Å². The van der Waals surface area contributed by atoms with Gasteiger partial charge in [0.25, 0.3) is 5.91 Å². The number of ether oxygens (including phenoxy) is 3. The smallest absolute Gasteiger partial charge is 0.387 e. The number of esters is 1. The Hall–Kier alpha value is -3.65. The summed E-state index contributed by atoms with van der Waals surface area (Å²) in [5, 5.41) is 11.1. The van der Waals surface area contributed by atoms with Gasteiger partial charge in [-0.05, 0) is 48.6 Å². The maximum Gasteiger partial charge on any atom is 0.387 e. The third kappa shape index (κ3) is 9.07. The molecule has 1 saturated carbocycles. The number of alkyl halides is 2. The van der Waals surface area contributed by atoms with Crippen molar-refractivity contribution in [3.63, 3.8) is 0 Å². The van der Waals surface area contributed by atoms with Crippen molar-refractivity contribution in [3.8, 4) is 11.5 Å². The number of Topliss-reactive ketones (excluding diaryl/α,β-unsaturated/α-hetero) is 1. The predicted molar refractivity (Wildman–Crippen MR) is 176 cm³/mol. The van der Waals surface area contributed by atoms with Crippen LogP contribution in [0.25, 0.3) is 0 Å². The minimum atomic E-state index is -3.09. The van der Waals surface area contributed by atoms with Crippen LogP contribution in [0.1, 0.15) is 50.8 Å². The lowest BCUT2D eigenvalue weighted by molar-refractivity contribution is -0.605. The predicted octanol–water partition coefficient (Wildman–Crippen LogP) is 5.80. The molecule has 10 nitrogen and oxygen atoms in total. The lowest BCUT2D eigenvalue weighted by atomic mass is 10.0. The summed E-state index contributed by atoms with van der Waals surface area (Å²) >= 11 is 14.1. The summed E-state index contributed by atoms with van der Waals surface area (Å²) in [6.45, 7) is -2.45. The van der Waals surface area contributed by atoms with Gasteiger partial charge in [0.1, 0.15) is 16.1 Å². The maximum absolute atomic E-state index is 13.8. The van der Waals surface area contributed by atoms with Gasteiger partial charge in [-0.15, -0.1) is 11.8 Å². The van der Waals surface area contributed by atoms with E-state index in [0.29, 0.717) is 51.8 Å². The molecular formula is C33H33Cl2F2N3O7S. The van der Waals surface area contributed by atoms with Crippen molar-refractivity contribution in [1.82, 2.24) is 9.80 Å². The van der Waals surface area contributed by atoms with Crippen molar-refractivity contribution in [3.05, 3.63) is 92.4 Å². The third-order valence-electron chi connectivity index (χ3n) is 7.80. The number of aromatic nitrogens is 1. The van der Waals surface area contributed by atoms with Crippen LogP contribution in [0.15, 0.2) is 54.9 Å². The van der Waals surface area contributed by atoms with Crippen molar-refractivity contribution < 1.29 is 42.1 Å². The molecule has 0 radical (unpaired) electrons. The number of ketones is 1. The Morgan fingerprint density at radius 1 is 1.06 bits per heavy atom. The molecule has 2 atom stereocenters. The Kier molecular flexibility index (Phi) is 11.7. The standard InChI is InChI=1S/C33H33Cl2F2N3O7S/c1-38(2)30(42)22-5-3-4-20(12-22)26(41)17-39-10-11-48-31(39)32(43)46-28(14-23-24(34)15-40(44)16-25(23)35)21-8-9-27(47-33(36)37)29(13-21)45-18-19-6-7-19/h3-5,8-9,12-13,15-16,19,28,31,33H,6-7,10-11,14,17-18H2,1-2H3/t28-,31-/m0/s1. The lowest BCUT2D eigenvalue weighted by Crippen LogP contribution is -2.39. The van der Waals surface area contributed by atoms with E-state index in [2.05, 4.69) is 4.74 Å². The topological polar surface area (TPSA) is 112 Å². The van der Waals surface area contributed by atoms with E-state index >= 15 is 0 Å². The first-order valence-electron chi connectivity index (χ1n) is 15.1. The number of carbonyl (C=O) groups excluding carboxylic acids is 3. The molecule has 5 rings (SSSR count). The summed E-state index contributed by atoms with van der Waals surface area (Å²) in [7, 11) is 3.24. The number of pyridine rings is 1. The van der Waals surface area contributed by atoms with E-state index in [1.807, 2.05) is 0 Å². The van der Waals surface area contributed by atoms with Crippen molar-refractivity contribution in [2.45, 2.75) is 37.4 Å². The van der Waals surface area contributed by atoms with Crippen LogP contribution in [0.5, 0.6) is 11.5 Å². The van der Waals surface area contributed by atoms with Crippen LogP contribution >= 0.6 is 35.0 Å². The van der Waals surface area contributed by atoms with Gasteiger partial charge in [-0.1, -0.05) is 41.4 Å². The third-order valence-corrected chi connectivity index (χ3v) is 9.68. The summed E-state index contributed by atoms with van der Waals surface area (Å²) < 4.78 is 43.4. The fourth-order valence-corrected chi connectivity index (χ4v) is 6.85. The van der Waals surface area contributed by atoms with Gasteiger partial charge in [0.2, 0.25) is 0 Å². The normalized spacial score (nSPS) is 16.9. The molecule has 2 aromatic carbocycles. The molecule has 1 saturated heterocycles. The van der Waals surface area contributed by atoms with E-state index in [1.165, 1.54) is 40.9 Å². The second-order valence-electron chi connectivity index (χ2n) is 11.7. The Bertz CT molecular complexity index is 1650. The molecular weight excluding hydrogens is 691 g/mol. The molecule has 1 aliphatic carbocycles. The molecule has 0 unspecified atom stereocenters. The minimum absolute atomic E-state index is 0.0406. The molecule has 1 amide bonds. The highest BCUT2D eigenvalue weighted by Gasteiger charge is 2.36. The van der Waals surface area contributed by atoms with Crippen LogP contribution in [0.4, 0.5) is 8.78 Å². The molecule has 48 heavy (non-hydrogen) atoms. The summed E-state index contributed by atoms with van der Waals surface area (Å²) in [6, 6.07) is 10.7. The highest BCUT2D eigenvalue weighted by atomic mass is 35.5. The second-order valence-corrected chi connectivity index (χ2v) is 13.7. The Morgan fingerprint density at radius 3 is 2.44 bits per heavy atom. The van der Waals surface area contributed by atoms with Crippen molar-refractivity contribution in [2.24, 2.45) is 5.92 Å². The summed E-state index contributed by atoms with van der Waals surface area (Å²) in [5.74, 6) is -0.423. The van der Waals surface area contributed by atoms with Crippen LogP contribution < -0.4 is 14.2 Å². The van der Waals surface area contributed by atoms with E-state index in [4.69, 9.17) is 32.7 Å².